The number of nitrogens with zero attached hydrogens (tertiary/aromatic N) is 1. The molecule has 23 heavy (non-hydrogen) atoms. The Labute approximate surface area is 136 Å². The van der Waals surface area contributed by atoms with Crippen LogP contribution < -0.4 is 0 Å². The van der Waals surface area contributed by atoms with Crippen molar-refractivity contribution in [2.45, 2.75) is 6.42 Å². The highest BCUT2D eigenvalue weighted by atomic mass is 14.6. The van der Waals surface area contributed by atoms with Gasteiger partial charge in [-0.1, -0.05) is 66.7 Å². The Kier molecular flexibility index (Phi) is 3.61. The van der Waals surface area contributed by atoms with Gasteiger partial charge in [0.05, 0.1) is 5.52 Å². The van der Waals surface area contributed by atoms with Crippen molar-refractivity contribution in [2.24, 2.45) is 0 Å². The summed E-state index contributed by atoms with van der Waals surface area (Å²) in [4.78, 5) is 4.52. The van der Waals surface area contributed by atoms with Crippen LogP contribution in [-0.2, 0) is 6.42 Å². The van der Waals surface area contributed by atoms with Gasteiger partial charge in [-0.2, -0.15) is 0 Å². The fourth-order valence-electron chi connectivity index (χ4n) is 3.00. The molecule has 0 spiro atoms. The van der Waals surface area contributed by atoms with E-state index in [1.165, 1.54) is 27.6 Å². The van der Waals surface area contributed by atoms with Gasteiger partial charge in [0.25, 0.3) is 0 Å². The molecule has 1 nitrogen and oxygen atoms in total. The van der Waals surface area contributed by atoms with Gasteiger partial charge in [0.2, 0.25) is 0 Å². The van der Waals surface area contributed by atoms with Crippen molar-refractivity contribution in [1.82, 2.24) is 4.98 Å². The third-order valence-electron chi connectivity index (χ3n) is 4.14. The number of pyridine rings is 1. The minimum Gasteiger partial charge on any atom is -0.256 e. The molecule has 0 N–H and O–H groups in total. The third kappa shape index (κ3) is 2.86. The lowest BCUT2D eigenvalue weighted by Gasteiger charge is -2.09. The minimum absolute atomic E-state index is 0.944. The number of benzene rings is 3. The number of aromatic nitrogens is 1. The Bertz CT molecular complexity index is 928. The van der Waals surface area contributed by atoms with Crippen LogP contribution in [0.15, 0.2) is 91.1 Å². The molecule has 0 aliphatic heterocycles. The topological polar surface area (TPSA) is 12.9 Å². The summed E-state index contributed by atoms with van der Waals surface area (Å²) in [6.45, 7) is 0. The summed E-state index contributed by atoms with van der Waals surface area (Å²) in [7, 11) is 0. The summed E-state index contributed by atoms with van der Waals surface area (Å²) in [5, 5.41) is 1.21. The zero-order chi connectivity index (χ0) is 15.5. The van der Waals surface area contributed by atoms with E-state index in [-0.39, 0.29) is 0 Å². The quantitative estimate of drug-likeness (QED) is 0.487. The molecule has 1 heteroatoms. The van der Waals surface area contributed by atoms with Crippen LogP contribution in [0, 0.1) is 0 Å². The number of rotatable bonds is 3. The van der Waals surface area contributed by atoms with E-state index < -0.39 is 0 Å². The molecule has 0 radical (unpaired) electrons. The van der Waals surface area contributed by atoms with Gasteiger partial charge in [-0.3, -0.25) is 4.98 Å². The maximum absolute atomic E-state index is 4.52. The van der Waals surface area contributed by atoms with Crippen molar-refractivity contribution in [3.05, 3.63) is 102 Å². The maximum Gasteiger partial charge on any atom is 0.0708 e. The highest BCUT2D eigenvalue weighted by Gasteiger charge is 2.06. The Morgan fingerprint density at radius 1 is 0.652 bits per heavy atom. The predicted octanol–water partition coefficient (Wildman–Crippen LogP) is 5.49. The van der Waals surface area contributed by atoms with E-state index >= 15 is 0 Å². The Hall–Kier alpha value is -2.93. The molecular weight excluding hydrogens is 278 g/mol. The van der Waals surface area contributed by atoms with Gasteiger partial charge in [-0.15, -0.1) is 0 Å². The highest BCUT2D eigenvalue weighted by Crippen LogP contribution is 2.28. The molecule has 0 aliphatic rings. The van der Waals surface area contributed by atoms with Gasteiger partial charge in [0, 0.05) is 11.6 Å². The van der Waals surface area contributed by atoms with E-state index in [2.05, 4.69) is 83.8 Å². The Balaban J connectivity index is 1.81. The van der Waals surface area contributed by atoms with Crippen LogP contribution in [0.1, 0.15) is 11.1 Å². The lowest BCUT2D eigenvalue weighted by atomic mass is 9.97. The van der Waals surface area contributed by atoms with Gasteiger partial charge < -0.3 is 0 Å². The summed E-state index contributed by atoms with van der Waals surface area (Å²) in [5.74, 6) is 0. The molecule has 4 rings (SSSR count). The van der Waals surface area contributed by atoms with Crippen molar-refractivity contribution < 1.29 is 0 Å². The van der Waals surface area contributed by atoms with Gasteiger partial charge in [0.15, 0.2) is 0 Å². The fraction of sp³-hybridized carbons (Fsp3) is 0.0455. The highest BCUT2D eigenvalue weighted by molar-refractivity contribution is 5.94. The normalized spacial score (nSPS) is 10.8. The minimum atomic E-state index is 0.944. The van der Waals surface area contributed by atoms with Gasteiger partial charge in [-0.25, -0.2) is 0 Å². The van der Waals surface area contributed by atoms with E-state index in [1.54, 1.807) is 0 Å². The first-order valence-corrected chi connectivity index (χ1v) is 7.87. The average molecular weight is 295 g/mol. The van der Waals surface area contributed by atoms with Gasteiger partial charge in [-0.05, 0) is 46.9 Å². The molecular formula is C22H17N. The van der Waals surface area contributed by atoms with E-state index in [9.17, 15) is 0 Å². The van der Waals surface area contributed by atoms with Crippen molar-refractivity contribution >= 4 is 10.9 Å². The van der Waals surface area contributed by atoms with Gasteiger partial charge >= 0.3 is 0 Å². The number of fused-ring (bicyclic) bond motifs is 1. The first-order valence-electron chi connectivity index (χ1n) is 7.87. The summed E-state index contributed by atoms with van der Waals surface area (Å²) in [6.07, 6.45) is 2.83. The molecule has 0 saturated carbocycles. The molecule has 110 valence electrons. The first kappa shape index (κ1) is 13.7. The lowest BCUT2D eigenvalue weighted by Crippen LogP contribution is -1.90. The van der Waals surface area contributed by atoms with Crippen molar-refractivity contribution in [1.29, 1.82) is 0 Å². The molecule has 4 aromatic rings. The average Bonchev–Trinajstić information content (AvgIpc) is 2.63. The lowest BCUT2D eigenvalue weighted by molar-refractivity contribution is 1.20. The van der Waals surface area contributed by atoms with Crippen LogP contribution in [0.3, 0.4) is 0 Å². The molecule has 3 aromatic carbocycles. The monoisotopic (exact) mass is 295 g/mol. The molecule has 0 aliphatic carbocycles. The first-order chi connectivity index (χ1) is 11.4. The molecule has 0 atom stereocenters. The summed E-state index contributed by atoms with van der Waals surface area (Å²) in [5.41, 5.74) is 6.16. The van der Waals surface area contributed by atoms with Crippen molar-refractivity contribution in [3.63, 3.8) is 0 Å². The summed E-state index contributed by atoms with van der Waals surface area (Å²) in [6, 6.07) is 29.8. The maximum atomic E-state index is 4.52. The second kappa shape index (κ2) is 6.05. The van der Waals surface area contributed by atoms with Crippen LogP contribution in [-0.4, -0.2) is 4.98 Å². The predicted molar refractivity (Wildman–Crippen MR) is 96.4 cm³/mol. The Morgan fingerprint density at radius 3 is 2.17 bits per heavy atom. The van der Waals surface area contributed by atoms with Crippen LogP contribution in [0.5, 0.6) is 0 Å². The largest absolute Gasteiger partial charge is 0.256 e. The standard InChI is InChI=1S/C22H17N/c1-3-7-17(8-4-1)15-18-11-12-22-21(16-18)20(13-14-23-22)19-9-5-2-6-10-19/h1-14,16H,15H2. The smallest absolute Gasteiger partial charge is 0.0708 e. The summed E-state index contributed by atoms with van der Waals surface area (Å²) < 4.78 is 0. The zero-order valence-electron chi connectivity index (χ0n) is 12.8. The number of hydrogen-bond acceptors (Lipinski definition) is 1. The second-order valence-corrected chi connectivity index (χ2v) is 5.74. The van der Waals surface area contributed by atoms with Crippen LogP contribution in [0.25, 0.3) is 22.0 Å². The van der Waals surface area contributed by atoms with E-state index in [1.807, 2.05) is 12.3 Å². The van der Waals surface area contributed by atoms with Gasteiger partial charge in [0.1, 0.15) is 0 Å². The van der Waals surface area contributed by atoms with Crippen LogP contribution in [0.2, 0.25) is 0 Å². The molecule has 0 unspecified atom stereocenters. The SMILES string of the molecule is c1ccc(Cc2ccc3nccc(-c4ccccc4)c3c2)cc1. The molecule has 1 aromatic heterocycles. The van der Waals surface area contributed by atoms with E-state index in [4.69, 9.17) is 0 Å². The summed E-state index contributed by atoms with van der Waals surface area (Å²) >= 11 is 0. The van der Waals surface area contributed by atoms with E-state index in [0.717, 1.165) is 11.9 Å². The van der Waals surface area contributed by atoms with Crippen molar-refractivity contribution in [2.75, 3.05) is 0 Å². The van der Waals surface area contributed by atoms with Crippen LogP contribution >= 0.6 is 0 Å². The zero-order valence-corrected chi connectivity index (χ0v) is 12.8. The van der Waals surface area contributed by atoms with Crippen LogP contribution in [0.4, 0.5) is 0 Å². The molecule has 0 amide bonds. The molecule has 0 bridgehead atoms. The van der Waals surface area contributed by atoms with E-state index in [0.29, 0.717) is 0 Å². The van der Waals surface area contributed by atoms with Crippen molar-refractivity contribution in [3.8, 4) is 11.1 Å². The third-order valence-corrected chi connectivity index (χ3v) is 4.14. The molecule has 0 saturated heterocycles. The fourth-order valence-corrected chi connectivity index (χ4v) is 3.00. The molecule has 0 fully saturated rings. The molecule has 1 heterocycles. The second-order valence-electron chi connectivity index (χ2n) is 5.74. The number of hydrogen-bond donors (Lipinski definition) is 0. The Morgan fingerprint density at radius 2 is 1.39 bits per heavy atom.